The van der Waals surface area contributed by atoms with Crippen LogP contribution in [0.1, 0.15) is 27.9 Å². The predicted molar refractivity (Wildman–Crippen MR) is 242 cm³/mol. The van der Waals surface area contributed by atoms with Crippen LogP contribution in [0, 0.1) is 6.92 Å². The van der Waals surface area contributed by atoms with Crippen molar-refractivity contribution in [3.8, 4) is 11.1 Å². The molecule has 1 saturated heterocycles. The first-order chi connectivity index (χ1) is 28.3. The van der Waals surface area contributed by atoms with Gasteiger partial charge < -0.3 is 15.1 Å². The van der Waals surface area contributed by atoms with Crippen LogP contribution in [0.15, 0.2) is 131 Å². The number of carbonyl (C=O) groups excluding carboxylic acids is 2. The van der Waals surface area contributed by atoms with Crippen LogP contribution < -0.4 is 14.9 Å². The van der Waals surface area contributed by atoms with Crippen molar-refractivity contribution >= 4 is 56.6 Å². The Kier molecular flexibility index (Phi) is 15.1. The molecule has 310 valence electrons. The van der Waals surface area contributed by atoms with E-state index in [1.54, 1.807) is 55.0 Å². The molecule has 1 fully saturated rings. The van der Waals surface area contributed by atoms with Gasteiger partial charge in [0.05, 0.1) is 11.4 Å². The van der Waals surface area contributed by atoms with Gasteiger partial charge in [0.2, 0.25) is 5.91 Å². The first-order valence-electron chi connectivity index (χ1n) is 19.8. The highest BCUT2D eigenvalue weighted by molar-refractivity contribution is 7.99. The minimum absolute atomic E-state index is 0.0105. The SMILES string of the molecule is Cc1cc(S(=O)(=O)NC(=O)c2ccc(N3CCN(Cc4ccccc4-c4ccc(Cl)cc4)CC3)cc2)ccc1N[C@H](CCN(C)CC(=O)N(C)C)CSc1ccccc1. The molecule has 59 heavy (non-hydrogen) atoms. The second-order valence-electron chi connectivity index (χ2n) is 15.2. The summed E-state index contributed by atoms with van der Waals surface area (Å²) in [5.74, 6) is 0.128. The number of halogens is 1. The van der Waals surface area contributed by atoms with E-state index in [0.29, 0.717) is 13.1 Å². The molecule has 6 rings (SSSR count). The number of aryl methyl sites for hydroxylation is 1. The van der Waals surface area contributed by atoms with E-state index in [1.165, 1.54) is 17.2 Å². The quantitative estimate of drug-likeness (QED) is 0.0910. The lowest BCUT2D eigenvalue weighted by molar-refractivity contribution is -0.129. The third-order valence-electron chi connectivity index (χ3n) is 10.5. The highest BCUT2D eigenvalue weighted by Crippen LogP contribution is 2.28. The minimum Gasteiger partial charge on any atom is -0.381 e. The van der Waals surface area contributed by atoms with Crippen LogP contribution in [-0.2, 0) is 21.4 Å². The van der Waals surface area contributed by atoms with Gasteiger partial charge in [0.1, 0.15) is 0 Å². The van der Waals surface area contributed by atoms with E-state index in [4.69, 9.17) is 11.6 Å². The molecule has 1 aliphatic heterocycles. The van der Waals surface area contributed by atoms with E-state index < -0.39 is 15.9 Å². The van der Waals surface area contributed by atoms with Crippen LogP contribution in [0.3, 0.4) is 0 Å². The zero-order valence-electron chi connectivity index (χ0n) is 34.1. The molecule has 5 aromatic carbocycles. The van der Waals surface area contributed by atoms with Gasteiger partial charge in [0.15, 0.2) is 0 Å². The van der Waals surface area contributed by atoms with E-state index in [9.17, 15) is 18.0 Å². The molecule has 5 aromatic rings. The molecule has 2 N–H and O–H groups in total. The number of nitrogens with zero attached hydrogens (tertiary/aromatic N) is 4. The van der Waals surface area contributed by atoms with Gasteiger partial charge in [0, 0.05) is 92.0 Å². The van der Waals surface area contributed by atoms with E-state index in [2.05, 4.69) is 68.4 Å². The van der Waals surface area contributed by atoms with Gasteiger partial charge in [-0.15, -0.1) is 11.8 Å². The topological polar surface area (TPSA) is 105 Å². The smallest absolute Gasteiger partial charge is 0.264 e. The van der Waals surface area contributed by atoms with Crippen LogP contribution in [0.5, 0.6) is 0 Å². The number of nitrogens with one attached hydrogen (secondary N) is 2. The summed E-state index contributed by atoms with van der Waals surface area (Å²) in [6.45, 7) is 7.14. The molecule has 10 nitrogen and oxygen atoms in total. The molecular formula is C46H53ClN6O4S2. The molecule has 2 amide bonds. The number of sulfonamides is 1. The zero-order chi connectivity index (χ0) is 41.9. The number of amides is 2. The van der Waals surface area contributed by atoms with Crippen LogP contribution in [-0.4, -0.2) is 107 Å². The Hall–Kier alpha value is -4.85. The van der Waals surface area contributed by atoms with Crippen molar-refractivity contribution in [2.24, 2.45) is 0 Å². The number of carbonyl (C=O) groups is 2. The number of thioether (sulfide) groups is 1. The molecule has 1 aliphatic rings. The molecule has 1 heterocycles. The largest absolute Gasteiger partial charge is 0.381 e. The third-order valence-corrected chi connectivity index (χ3v) is 13.2. The maximum Gasteiger partial charge on any atom is 0.264 e. The Morgan fingerprint density at radius 2 is 1.51 bits per heavy atom. The average Bonchev–Trinajstić information content (AvgIpc) is 3.23. The lowest BCUT2D eigenvalue weighted by Crippen LogP contribution is -2.46. The number of piperazine rings is 1. The number of anilines is 2. The van der Waals surface area contributed by atoms with Gasteiger partial charge >= 0.3 is 0 Å². The summed E-state index contributed by atoms with van der Waals surface area (Å²) in [5.41, 5.74) is 6.41. The molecule has 1 atom stereocenters. The van der Waals surface area contributed by atoms with Gasteiger partial charge in [-0.3, -0.25) is 19.4 Å². The molecule has 0 aromatic heterocycles. The Balaban J connectivity index is 1.03. The summed E-state index contributed by atoms with van der Waals surface area (Å²) in [7, 11) is 1.30. The number of likely N-dealkylation sites (N-methyl/N-ethyl adjacent to an activating group) is 2. The van der Waals surface area contributed by atoms with E-state index in [0.717, 1.165) is 77.3 Å². The number of benzene rings is 5. The highest BCUT2D eigenvalue weighted by atomic mass is 35.5. The molecule has 0 unspecified atom stereocenters. The molecule has 0 saturated carbocycles. The summed E-state index contributed by atoms with van der Waals surface area (Å²) in [6.07, 6.45) is 0.766. The number of hydrogen-bond acceptors (Lipinski definition) is 9. The third kappa shape index (κ3) is 12.3. The van der Waals surface area contributed by atoms with Crippen LogP contribution in [0.4, 0.5) is 11.4 Å². The average molecular weight is 854 g/mol. The summed E-state index contributed by atoms with van der Waals surface area (Å²) in [4.78, 5) is 35.0. The van der Waals surface area contributed by atoms with E-state index in [1.807, 2.05) is 61.3 Å². The second kappa shape index (κ2) is 20.4. The lowest BCUT2D eigenvalue weighted by Gasteiger charge is -2.36. The zero-order valence-corrected chi connectivity index (χ0v) is 36.5. The molecule has 0 radical (unpaired) electrons. The fourth-order valence-corrected chi connectivity index (χ4v) is 9.14. The summed E-state index contributed by atoms with van der Waals surface area (Å²) in [6, 6.07) is 38.6. The Bertz CT molecular complexity index is 2290. The van der Waals surface area contributed by atoms with Crippen LogP contribution in [0.2, 0.25) is 5.02 Å². The number of hydrogen-bond donors (Lipinski definition) is 2. The van der Waals surface area contributed by atoms with Crippen molar-refractivity contribution in [2.45, 2.75) is 35.7 Å². The van der Waals surface area contributed by atoms with Crippen molar-refractivity contribution in [3.63, 3.8) is 0 Å². The standard InChI is InChI=1S/C46H53ClN6O4S2/c1-34-30-42(22-23-44(34)48-39(33-58-41-11-6-5-7-12-41)24-25-51(4)32-45(54)50(2)3)59(56,57)49-46(55)36-16-20-40(21-17-36)53-28-26-52(27-29-53)31-37-10-8-9-13-43(37)35-14-18-38(47)19-15-35/h5-23,30,39,48H,24-29,31-33H2,1-4H3,(H,49,55)/t39-/m1/s1. The summed E-state index contributed by atoms with van der Waals surface area (Å²) in [5, 5.41) is 4.33. The van der Waals surface area contributed by atoms with Crippen LogP contribution in [0.25, 0.3) is 11.1 Å². The normalized spacial score (nSPS) is 13.9. The van der Waals surface area contributed by atoms with Crippen molar-refractivity contribution in [2.75, 3.05) is 76.4 Å². The van der Waals surface area contributed by atoms with Gasteiger partial charge in [-0.05, 0) is 109 Å². The minimum atomic E-state index is -4.14. The molecular weight excluding hydrogens is 800 g/mol. The van der Waals surface area contributed by atoms with Crippen molar-refractivity contribution < 1.29 is 18.0 Å². The lowest BCUT2D eigenvalue weighted by atomic mass is 9.99. The molecule has 0 bridgehead atoms. The van der Waals surface area contributed by atoms with Crippen molar-refractivity contribution in [1.82, 2.24) is 19.4 Å². The fraction of sp³-hybridized carbons (Fsp3) is 0.304. The summed E-state index contributed by atoms with van der Waals surface area (Å²) >= 11 is 7.87. The van der Waals surface area contributed by atoms with Crippen molar-refractivity contribution in [3.05, 3.63) is 143 Å². The molecule has 13 heteroatoms. The van der Waals surface area contributed by atoms with Crippen LogP contribution >= 0.6 is 23.4 Å². The van der Waals surface area contributed by atoms with Crippen molar-refractivity contribution in [1.29, 1.82) is 0 Å². The molecule has 0 spiro atoms. The highest BCUT2D eigenvalue weighted by Gasteiger charge is 2.23. The predicted octanol–water partition coefficient (Wildman–Crippen LogP) is 7.74. The van der Waals surface area contributed by atoms with Gasteiger partial charge in [0.25, 0.3) is 15.9 Å². The second-order valence-corrected chi connectivity index (χ2v) is 18.4. The van der Waals surface area contributed by atoms with E-state index in [-0.39, 0.29) is 22.4 Å². The summed E-state index contributed by atoms with van der Waals surface area (Å²) < 4.78 is 29.2. The first kappa shape index (κ1) is 43.7. The fourth-order valence-electron chi connectivity index (χ4n) is 6.96. The van der Waals surface area contributed by atoms with Gasteiger partial charge in [-0.2, -0.15) is 0 Å². The maximum atomic E-state index is 13.5. The monoisotopic (exact) mass is 852 g/mol. The number of rotatable bonds is 17. The Morgan fingerprint density at radius 1 is 0.831 bits per heavy atom. The Morgan fingerprint density at radius 3 is 2.19 bits per heavy atom. The van der Waals surface area contributed by atoms with Gasteiger partial charge in [-0.1, -0.05) is 66.2 Å². The van der Waals surface area contributed by atoms with E-state index >= 15 is 0 Å². The first-order valence-corrected chi connectivity index (χ1v) is 22.6. The van der Waals surface area contributed by atoms with Gasteiger partial charge in [-0.25, -0.2) is 13.1 Å². The maximum absolute atomic E-state index is 13.5. The molecule has 0 aliphatic carbocycles. The Labute approximate surface area is 358 Å².